The van der Waals surface area contributed by atoms with E-state index in [-0.39, 0.29) is 0 Å². The van der Waals surface area contributed by atoms with Crippen molar-refractivity contribution < 1.29 is 10.2 Å². The topological polar surface area (TPSA) is 40.5 Å². The van der Waals surface area contributed by atoms with Gasteiger partial charge in [-0.25, -0.2) is 0 Å². The molecule has 0 amide bonds. The van der Waals surface area contributed by atoms with Crippen LogP contribution in [0.5, 0.6) is 0 Å². The lowest BCUT2D eigenvalue weighted by Gasteiger charge is -2.63. The Kier molecular flexibility index (Phi) is 2.21. The van der Waals surface area contributed by atoms with Gasteiger partial charge in [0.25, 0.3) is 0 Å². The summed E-state index contributed by atoms with van der Waals surface area (Å²) in [4.78, 5) is 0. The highest BCUT2D eigenvalue weighted by molar-refractivity contribution is 5.11. The maximum Gasteiger partial charge on any atom is 0.0712 e. The average Bonchev–Trinajstić information content (AvgIpc) is 2.35. The Labute approximate surface area is 103 Å². The van der Waals surface area contributed by atoms with E-state index in [9.17, 15) is 10.2 Å². The van der Waals surface area contributed by atoms with Crippen molar-refractivity contribution in [2.24, 2.45) is 35.5 Å². The van der Waals surface area contributed by atoms with Crippen molar-refractivity contribution in [3.05, 3.63) is 0 Å². The SMILES string of the molecule is OCC1CC2CC3CCC4CC1C(O)(C2)C3C4. The van der Waals surface area contributed by atoms with Gasteiger partial charge in [-0.05, 0) is 74.0 Å². The van der Waals surface area contributed by atoms with E-state index in [2.05, 4.69) is 0 Å². The van der Waals surface area contributed by atoms with E-state index in [0.717, 1.165) is 18.3 Å². The molecule has 96 valence electrons. The van der Waals surface area contributed by atoms with E-state index < -0.39 is 5.60 Å². The van der Waals surface area contributed by atoms with Crippen molar-refractivity contribution in [2.45, 2.75) is 50.5 Å². The van der Waals surface area contributed by atoms with Gasteiger partial charge in [0.1, 0.15) is 0 Å². The summed E-state index contributed by atoms with van der Waals surface area (Å²) in [5, 5.41) is 20.8. The summed E-state index contributed by atoms with van der Waals surface area (Å²) in [6, 6.07) is 0. The minimum atomic E-state index is -0.393. The van der Waals surface area contributed by atoms with Crippen LogP contribution in [0.4, 0.5) is 0 Å². The van der Waals surface area contributed by atoms with Gasteiger partial charge in [0.05, 0.1) is 5.60 Å². The zero-order chi connectivity index (χ0) is 11.6. The minimum Gasteiger partial charge on any atom is -0.396 e. The van der Waals surface area contributed by atoms with Gasteiger partial charge in [-0.1, -0.05) is 6.42 Å². The fraction of sp³-hybridized carbons (Fsp3) is 1.00. The van der Waals surface area contributed by atoms with Crippen LogP contribution >= 0.6 is 0 Å². The molecule has 0 saturated heterocycles. The predicted octanol–water partition coefficient (Wildman–Crippen LogP) is 2.19. The summed E-state index contributed by atoms with van der Waals surface area (Å²) >= 11 is 0. The summed E-state index contributed by atoms with van der Waals surface area (Å²) in [6.07, 6.45) is 8.79. The lowest BCUT2D eigenvalue weighted by atomic mass is 9.44. The van der Waals surface area contributed by atoms with Crippen LogP contribution in [0.1, 0.15) is 44.9 Å². The molecule has 4 aliphatic rings. The minimum absolute atomic E-state index is 0.299. The monoisotopic (exact) mass is 236 g/mol. The molecular weight excluding hydrogens is 212 g/mol. The molecule has 0 aromatic rings. The summed E-state index contributed by atoms with van der Waals surface area (Å²) in [5.74, 6) is 3.73. The molecule has 7 unspecified atom stereocenters. The first-order chi connectivity index (χ1) is 8.20. The van der Waals surface area contributed by atoms with Crippen molar-refractivity contribution >= 4 is 0 Å². The normalized spacial score (nSPS) is 60.4. The second-order valence-corrected chi connectivity index (χ2v) is 7.36. The molecule has 0 spiro atoms. The van der Waals surface area contributed by atoms with E-state index in [1.807, 2.05) is 0 Å². The van der Waals surface area contributed by atoms with Crippen LogP contribution < -0.4 is 0 Å². The molecule has 0 radical (unpaired) electrons. The summed E-state index contributed by atoms with van der Waals surface area (Å²) < 4.78 is 0. The molecule has 4 saturated carbocycles. The number of aliphatic hydroxyl groups excluding tert-OH is 1. The largest absolute Gasteiger partial charge is 0.396 e. The van der Waals surface area contributed by atoms with Crippen molar-refractivity contribution in [1.29, 1.82) is 0 Å². The highest BCUT2D eigenvalue weighted by atomic mass is 16.3. The first-order valence-electron chi connectivity index (χ1n) is 7.54. The number of rotatable bonds is 1. The second-order valence-electron chi connectivity index (χ2n) is 7.36. The van der Waals surface area contributed by atoms with Crippen molar-refractivity contribution in [2.75, 3.05) is 6.61 Å². The van der Waals surface area contributed by atoms with Crippen LogP contribution in [0.25, 0.3) is 0 Å². The Bertz CT molecular complexity index is 327. The molecule has 2 heteroatoms. The molecule has 4 aliphatic carbocycles. The summed E-state index contributed by atoms with van der Waals surface area (Å²) in [5.41, 5.74) is -0.393. The fourth-order valence-electron chi connectivity index (χ4n) is 6.12. The van der Waals surface area contributed by atoms with E-state index in [1.54, 1.807) is 0 Å². The Hall–Kier alpha value is -0.0800. The second kappa shape index (κ2) is 3.48. The average molecular weight is 236 g/mol. The lowest BCUT2D eigenvalue weighted by Crippen LogP contribution is -2.63. The first kappa shape index (κ1) is 10.8. The van der Waals surface area contributed by atoms with Crippen molar-refractivity contribution in [3.8, 4) is 0 Å². The van der Waals surface area contributed by atoms with Crippen LogP contribution in [-0.2, 0) is 0 Å². The predicted molar refractivity (Wildman–Crippen MR) is 65.3 cm³/mol. The molecule has 0 heterocycles. The molecule has 2 N–H and O–H groups in total. The molecule has 4 fully saturated rings. The van der Waals surface area contributed by atoms with Crippen LogP contribution in [0, 0.1) is 35.5 Å². The molecular formula is C15H24O2. The van der Waals surface area contributed by atoms with E-state index in [4.69, 9.17) is 0 Å². The van der Waals surface area contributed by atoms with Gasteiger partial charge < -0.3 is 10.2 Å². The van der Waals surface area contributed by atoms with E-state index >= 15 is 0 Å². The quantitative estimate of drug-likeness (QED) is 0.732. The third-order valence-electron chi connectivity index (χ3n) is 6.66. The Morgan fingerprint density at radius 1 is 0.941 bits per heavy atom. The lowest BCUT2D eigenvalue weighted by molar-refractivity contribution is -0.220. The molecule has 17 heavy (non-hydrogen) atoms. The van der Waals surface area contributed by atoms with Gasteiger partial charge in [0.15, 0.2) is 0 Å². The standard InChI is InChI=1S/C15H24O2/c16-8-12-4-10-3-11-2-1-9-5-13(11)15(17,7-10)14(12)6-9/h9-14,16-17H,1-8H2. The zero-order valence-corrected chi connectivity index (χ0v) is 10.5. The van der Waals surface area contributed by atoms with Crippen LogP contribution in [0.3, 0.4) is 0 Å². The number of hydrogen-bond acceptors (Lipinski definition) is 2. The number of hydrogen-bond donors (Lipinski definition) is 2. The summed E-state index contributed by atoms with van der Waals surface area (Å²) in [7, 11) is 0. The Morgan fingerprint density at radius 2 is 1.76 bits per heavy atom. The van der Waals surface area contributed by atoms with Crippen LogP contribution in [0.2, 0.25) is 0 Å². The smallest absolute Gasteiger partial charge is 0.0712 e. The Balaban J connectivity index is 1.76. The van der Waals surface area contributed by atoms with Crippen molar-refractivity contribution in [3.63, 3.8) is 0 Å². The number of aliphatic hydroxyl groups is 2. The van der Waals surface area contributed by atoms with Gasteiger partial charge in [-0.15, -0.1) is 0 Å². The van der Waals surface area contributed by atoms with E-state index in [1.165, 1.54) is 38.5 Å². The van der Waals surface area contributed by atoms with Gasteiger partial charge in [0.2, 0.25) is 0 Å². The molecule has 0 aromatic heterocycles. The molecule has 4 rings (SSSR count). The molecule has 4 bridgehead atoms. The van der Waals surface area contributed by atoms with E-state index in [0.29, 0.717) is 30.3 Å². The third-order valence-corrected chi connectivity index (χ3v) is 6.66. The molecule has 0 aromatic carbocycles. The maximum absolute atomic E-state index is 11.2. The highest BCUT2D eigenvalue weighted by Crippen LogP contribution is 2.63. The zero-order valence-electron chi connectivity index (χ0n) is 10.5. The highest BCUT2D eigenvalue weighted by Gasteiger charge is 2.60. The van der Waals surface area contributed by atoms with Crippen LogP contribution in [0.15, 0.2) is 0 Å². The van der Waals surface area contributed by atoms with Gasteiger partial charge >= 0.3 is 0 Å². The fourth-order valence-corrected chi connectivity index (χ4v) is 6.12. The Morgan fingerprint density at radius 3 is 2.59 bits per heavy atom. The molecule has 7 atom stereocenters. The van der Waals surface area contributed by atoms with Gasteiger partial charge in [-0.2, -0.15) is 0 Å². The number of fused-ring (bicyclic) bond motifs is 2. The first-order valence-corrected chi connectivity index (χ1v) is 7.54. The van der Waals surface area contributed by atoms with Gasteiger partial charge in [-0.3, -0.25) is 0 Å². The van der Waals surface area contributed by atoms with Crippen LogP contribution in [-0.4, -0.2) is 22.4 Å². The maximum atomic E-state index is 11.2. The summed E-state index contributed by atoms with van der Waals surface area (Å²) in [6.45, 7) is 0.299. The third kappa shape index (κ3) is 1.34. The van der Waals surface area contributed by atoms with Crippen molar-refractivity contribution in [1.82, 2.24) is 0 Å². The van der Waals surface area contributed by atoms with Gasteiger partial charge in [0, 0.05) is 6.61 Å². The molecule has 2 nitrogen and oxygen atoms in total. The molecule has 0 aliphatic heterocycles.